The molecule has 0 radical (unpaired) electrons. The van der Waals surface area contributed by atoms with Crippen molar-refractivity contribution in [3.8, 4) is 11.1 Å². The van der Waals surface area contributed by atoms with Crippen molar-refractivity contribution in [2.75, 3.05) is 6.61 Å². The van der Waals surface area contributed by atoms with Gasteiger partial charge in [0.05, 0.1) is 0 Å². The Hall–Kier alpha value is -2.95. The molecule has 5 heteroatoms. The Morgan fingerprint density at radius 3 is 2.50 bits per heavy atom. The molecule has 0 bridgehead atoms. The highest BCUT2D eigenvalue weighted by molar-refractivity contribution is 6.24. The number of nitrogens with zero attached hydrogens (tertiary/aromatic N) is 3. The Bertz CT molecular complexity index is 1000. The minimum atomic E-state index is 0.266. The molecule has 0 N–H and O–H groups in total. The molecule has 1 aliphatic rings. The van der Waals surface area contributed by atoms with E-state index in [9.17, 15) is 0 Å². The Morgan fingerprint density at radius 1 is 0.964 bits per heavy atom. The Kier molecular flexibility index (Phi) is 5.24. The molecular formula is C23H25N3O2. The number of benzene rings is 2. The quantitative estimate of drug-likeness (QED) is 0.420. The first-order chi connectivity index (χ1) is 13.7. The fourth-order valence-electron chi connectivity index (χ4n) is 3.52. The van der Waals surface area contributed by atoms with Crippen molar-refractivity contribution in [1.29, 1.82) is 0 Å². The van der Waals surface area contributed by atoms with Gasteiger partial charge in [0.25, 0.3) is 0 Å². The zero-order valence-electron chi connectivity index (χ0n) is 16.6. The summed E-state index contributed by atoms with van der Waals surface area (Å²) in [5.41, 5.74) is 6.92. The van der Waals surface area contributed by atoms with Crippen LogP contribution in [0.4, 0.5) is 0 Å². The van der Waals surface area contributed by atoms with Crippen molar-refractivity contribution in [3.63, 3.8) is 0 Å². The van der Waals surface area contributed by atoms with E-state index in [4.69, 9.17) is 9.25 Å². The van der Waals surface area contributed by atoms with Gasteiger partial charge in [-0.1, -0.05) is 55.4 Å². The normalized spacial score (nSPS) is 13.8. The van der Waals surface area contributed by atoms with E-state index in [0.29, 0.717) is 12.5 Å². The largest absolute Gasteiger partial charge is 0.425 e. The van der Waals surface area contributed by atoms with Gasteiger partial charge in [0, 0.05) is 23.5 Å². The van der Waals surface area contributed by atoms with Crippen molar-refractivity contribution in [2.24, 2.45) is 5.16 Å². The molecule has 5 nitrogen and oxygen atoms in total. The van der Waals surface area contributed by atoms with Crippen LogP contribution in [0.15, 0.2) is 52.0 Å². The van der Waals surface area contributed by atoms with Gasteiger partial charge in [-0.15, -0.1) is 10.2 Å². The van der Waals surface area contributed by atoms with Crippen molar-refractivity contribution in [1.82, 2.24) is 10.2 Å². The van der Waals surface area contributed by atoms with Crippen LogP contribution in [0.2, 0.25) is 0 Å². The molecule has 1 aromatic heterocycles. The Balaban J connectivity index is 1.51. The van der Waals surface area contributed by atoms with Crippen molar-refractivity contribution >= 4 is 5.71 Å². The van der Waals surface area contributed by atoms with E-state index in [0.717, 1.165) is 42.0 Å². The molecule has 3 aromatic rings. The minimum absolute atomic E-state index is 0.266. The minimum Gasteiger partial charge on any atom is -0.425 e. The van der Waals surface area contributed by atoms with E-state index in [-0.39, 0.29) is 5.92 Å². The molecule has 0 aliphatic heterocycles. The molecule has 1 aliphatic carbocycles. The number of fused-ring (bicyclic) bond motifs is 3. The molecule has 28 heavy (non-hydrogen) atoms. The zero-order chi connectivity index (χ0) is 19.5. The lowest BCUT2D eigenvalue weighted by Gasteiger charge is -2.06. The molecule has 0 saturated carbocycles. The Labute approximate surface area is 165 Å². The van der Waals surface area contributed by atoms with Crippen LogP contribution in [0, 0.1) is 0 Å². The Morgan fingerprint density at radius 2 is 1.75 bits per heavy atom. The van der Waals surface area contributed by atoms with Crippen LogP contribution < -0.4 is 0 Å². The molecule has 0 fully saturated rings. The summed E-state index contributed by atoms with van der Waals surface area (Å²) in [5, 5.41) is 12.6. The molecule has 1 heterocycles. The predicted molar refractivity (Wildman–Crippen MR) is 110 cm³/mol. The highest BCUT2D eigenvalue weighted by atomic mass is 16.6. The molecule has 0 saturated heterocycles. The van der Waals surface area contributed by atoms with Crippen LogP contribution in [0.1, 0.15) is 61.6 Å². The van der Waals surface area contributed by atoms with E-state index in [2.05, 4.69) is 65.6 Å². The molecule has 0 unspecified atom stereocenters. The fraction of sp³-hybridized carbons (Fsp3) is 0.348. The lowest BCUT2D eigenvalue weighted by Crippen LogP contribution is -2.01. The number of rotatable bonds is 7. The monoisotopic (exact) mass is 375 g/mol. The third-order valence-corrected chi connectivity index (χ3v) is 4.93. The first-order valence-corrected chi connectivity index (χ1v) is 9.92. The lowest BCUT2D eigenvalue weighted by atomic mass is 10.0. The van der Waals surface area contributed by atoms with E-state index in [1.165, 1.54) is 16.7 Å². The van der Waals surface area contributed by atoms with Gasteiger partial charge in [-0.25, -0.2) is 0 Å². The van der Waals surface area contributed by atoms with Crippen molar-refractivity contribution in [3.05, 3.63) is 70.9 Å². The van der Waals surface area contributed by atoms with Gasteiger partial charge in [0.1, 0.15) is 12.3 Å². The first-order valence-electron chi connectivity index (χ1n) is 9.92. The van der Waals surface area contributed by atoms with Crippen LogP contribution in [-0.4, -0.2) is 22.5 Å². The second kappa shape index (κ2) is 7.97. The van der Waals surface area contributed by atoms with Crippen molar-refractivity contribution in [2.45, 2.75) is 46.0 Å². The third kappa shape index (κ3) is 3.57. The van der Waals surface area contributed by atoms with Gasteiger partial charge in [0.2, 0.25) is 11.8 Å². The van der Waals surface area contributed by atoms with Gasteiger partial charge in [-0.05, 0) is 42.5 Å². The highest BCUT2D eigenvalue weighted by Gasteiger charge is 2.25. The first kappa shape index (κ1) is 18.4. The maximum absolute atomic E-state index is 5.70. The average molecular weight is 375 g/mol. The van der Waals surface area contributed by atoms with Gasteiger partial charge >= 0.3 is 0 Å². The van der Waals surface area contributed by atoms with E-state index in [1.54, 1.807) is 0 Å². The maximum Gasteiger partial charge on any atom is 0.219 e. The summed E-state index contributed by atoms with van der Waals surface area (Å²) in [6, 6.07) is 15.0. The van der Waals surface area contributed by atoms with Crippen LogP contribution >= 0.6 is 0 Å². The summed E-state index contributed by atoms with van der Waals surface area (Å²) in [7, 11) is 0. The number of aryl methyl sites for hydroxylation is 2. The van der Waals surface area contributed by atoms with Gasteiger partial charge in [-0.2, -0.15) is 0 Å². The molecule has 2 aromatic carbocycles. The van der Waals surface area contributed by atoms with Gasteiger partial charge in [0.15, 0.2) is 0 Å². The molecular weight excluding hydrogens is 350 g/mol. The molecule has 0 amide bonds. The smallest absolute Gasteiger partial charge is 0.219 e. The van der Waals surface area contributed by atoms with E-state index >= 15 is 0 Å². The zero-order valence-corrected chi connectivity index (χ0v) is 16.6. The molecule has 4 rings (SSSR count). The number of aromatic nitrogens is 2. The predicted octanol–water partition coefficient (Wildman–Crippen LogP) is 5.14. The summed E-state index contributed by atoms with van der Waals surface area (Å²) >= 11 is 0. The maximum atomic E-state index is 5.70. The third-order valence-electron chi connectivity index (χ3n) is 4.93. The molecule has 0 atom stereocenters. The van der Waals surface area contributed by atoms with E-state index in [1.807, 2.05) is 13.0 Å². The highest BCUT2D eigenvalue weighted by Crippen LogP contribution is 2.37. The number of hydrogen-bond donors (Lipinski definition) is 0. The van der Waals surface area contributed by atoms with E-state index < -0.39 is 0 Å². The average Bonchev–Trinajstić information content (AvgIpc) is 3.29. The SMILES string of the molecule is CCO/N=C1/c2ccccc2-c2ccc(CCCc3nnc(C(C)C)o3)cc21. The molecule has 144 valence electrons. The summed E-state index contributed by atoms with van der Waals surface area (Å²) in [6.45, 7) is 6.62. The second-order valence-corrected chi connectivity index (χ2v) is 7.33. The van der Waals surface area contributed by atoms with Crippen LogP contribution in [0.5, 0.6) is 0 Å². The summed E-state index contributed by atoms with van der Waals surface area (Å²) in [4.78, 5) is 5.39. The second-order valence-electron chi connectivity index (χ2n) is 7.33. The van der Waals surface area contributed by atoms with Crippen molar-refractivity contribution < 1.29 is 9.25 Å². The van der Waals surface area contributed by atoms with Crippen LogP contribution in [0.3, 0.4) is 0 Å². The fourth-order valence-corrected chi connectivity index (χ4v) is 3.52. The van der Waals surface area contributed by atoms with Gasteiger partial charge < -0.3 is 9.25 Å². The lowest BCUT2D eigenvalue weighted by molar-refractivity contribution is 0.159. The standard InChI is InChI=1S/C23H25N3O2/c1-4-27-26-22-19-10-6-5-9-17(19)18-13-12-16(14-20(18)22)8-7-11-21-24-25-23(28-21)15(2)3/h5-6,9-10,12-15H,4,7-8,11H2,1-3H3/b26-22-. The van der Waals surface area contributed by atoms with Crippen LogP contribution in [0.25, 0.3) is 11.1 Å². The molecule has 0 spiro atoms. The topological polar surface area (TPSA) is 60.5 Å². The number of hydrogen-bond acceptors (Lipinski definition) is 5. The summed E-state index contributed by atoms with van der Waals surface area (Å²) in [5.74, 6) is 1.69. The number of oxime groups is 1. The summed E-state index contributed by atoms with van der Waals surface area (Å²) < 4.78 is 5.70. The van der Waals surface area contributed by atoms with Crippen LogP contribution in [-0.2, 0) is 17.7 Å². The summed E-state index contributed by atoms with van der Waals surface area (Å²) in [6.07, 6.45) is 2.70. The van der Waals surface area contributed by atoms with Gasteiger partial charge in [-0.3, -0.25) is 0 Å².